The average Bonchev–Trinajstić information content (AvgIpc) is 1.63. The number of rotatable bonds is 21. The Bertz CT molecular complexity index is 7060. The lowest BCUT2D eigenvalue weighted by Crippen LogP contribution is -2.55. The lowest BCUT2D eigenvalue weighted by molar-refractivity contribution is -0.135. The van der Waals surface area contributed by atoms with Crippen molar-refractivity contribution >= 4 is 134 Å². The van der Waals surface area contributed by atoms with Gasteiger partial charge in [-0.3, -0.25) is 48.5 Å². The van der Waals surface area contributed by atoms with Crippen LogP contribution in [0.15, 0.2) is 363 Å². The lowest BCUT2D eigenvalue weighted by Gasteiger charge is -2.32. The second-order valence-corrected chi connectivity index (χ2v) is 38.5. The molecule has 0 radical (unpaired) electrons. The number of piperidine rings is 1. The van der Waals surface area contributed by atoms with E-state index in [1.54, 1.807) is 62.1 Å². The van der Waals surface area contributed by atoms with Crippen LogP contribution in [-0.4, -0.2) is 190 Å². The summed E-state index contributed by atoms with van der Waals surface area (Å²) < 4.78 is 70.2. The Labute approximate surface area is 877 Å². The first-order valence-electron chi connectivity index (χ1n) is 50.1. The van der Waals surface area contributed by atoms with E-state index < -0.39 is 41.7 Å². The van der Waals surface area contributed by atoms with E-state index in [9.17, 15) is 52.0 Å². The third-order valence-corrected chi connectivity index (χ3v) is 28.2. The van der Waals surface area contributed by atoms with Gasteiger partial charge in [-0.1, -0.05) is 188 Å². The Balaban J connectivity index is 0.000000142. The molecule has 8 amide bonds. The number of urea groups is 2. The van der Waals surface area contributed by atoms with Gasteiger partial charge in [0.15, 0.2) is 5.78 Å². The van der Waals surface area contributed by atoms with Crippen LogP contribution in [0.25, 0.3) is 36.1 Å². The number of halogens is 3. The molecule has 0 spiro atoms. The van der Waals surface area contributed by atoms with Crippen molar-refractivity contribution in [3.05, 3.63) is 419 Å². The fraction of sp³-hybridized carbons (Fsp3) is 0.248. The van der Waals surface area contributed by atoms with E-state index in [-0.39, 0.29) is 59.8 Å². The van der Waals surface area contributed by atoms with Crippen molar-refractivity contribution in [2.24, 2.45) is 0 Å². The fourth-order valence-electron chi connectivity index (χ4n) is 18.8. The number of ether oxygens (including phenoxy) is 5. The predicted octanol–water partition coefficient (Wildman–Crippen LogP) is 23.8. The number of allylic oxidation sites excluding steroid dienone is 20. The highest BCUT2D eigenvalue weighted by molar-refractivity contribution is 8.26. The number of ketones is 1. The number of barbiturate groups is 1. The smallest absolute Gasteiger partial charge is 0.449 e. The van der Waals surface area contributed by atoms with Gasteiger partial charge in [0.2, 0.25) is 5.76 Å². The van der Waals surface area contributed by atoms with E-state index in [1.165, 1.54) is 78.5 Å². The van der Waals surface area contributed by atoms with Crippen LogP contribution in [0.1, 0.15) is 134 Å². The zero-order valence-electron chi connectivity index (χ0n) is 85.2. The molecule has 762 valence electrons. The normalized spacial score (nSPS) is 19.6. The summed E-state index contributed by atoms with van der Waals surface area (Å²) in [5.41, 5.74) is 18.8. The molecule has 19 rings (SSSR count). The molecule has 0 bridgehead atoms. The Morgan fingerprint density at radius 2 is 1.01 bits per heavy atom. The highest BCUT2D eigenvalue weighted by atomic mass is 32.2. The van der Waals surface area contributed by atoms with E-state index in [0.717, 1.165) is 156 Å². The number of nitriles is 1. The fourth-order valence-corrected chi connectivity index (χ4v) is 20.2. The molecule has 5 saturated heterocycles. The number of Topliss-reactive ketones (excluding diaryl/α,β-unsaturated/α-hetero) is 1. The molecule has 10 heterocycles. The number of anilines is 5. The summed E-state index contributed by atoms with van der Waals surface area (Å²) in [6.07, 6.45) is 30.7. The zero-order valence-corrected chi connectivity index (χ0v) is 86.9. The maximum Gasteiger partial charge on any atom is 0.449 e. The van der Waals surface area contributed by atoms with Gasteiger partial charge in [0, 0.05) is 168 Å². The van der Waals surface area contributed by atoms with Gasteiger partial charge < -0.3 is 48.2 Å². The molecule has 8 aromatic carbocycles. The van der Waals surface area contributed by atoms with Crippen LogP contribution in [0.4, 0.5) is 51.2 Å². The van der Waals surface area contributed by atoms with E-state index >= 15 is 0 Å². The first kappa shape index (κ1) is 106. The summed E-state index contributed by atoms with van der Waals surface area (Å²) in [7, 11) is 9.31. The number of hydrogen-bond acceptors (Lipinski definition) is 20. The summed E-state index contributed by atoms with van der Waals surface area (Å²) in [4.78, 5) is 108. The van der Waals surface area contributed by atoms with Crippen LogP contribution in [0.3, 0.4) is 0 Å². The Hall–Kier alpha value is -16.1. The predicted molar refractivity (Wildman–Crippen MR) is 588 cm³/mol. The summed E-state index contributed by atoms with van der Waals surface area (Å²) in [5, 5.41) is 10.1. The third-order valence-electron chi connectivity index (χ3n) is 26.7. The molecule has 0 aromatic heterocycles. The lowest BCUT2D eigenvalue weighted by atomic mass is 9.86. The third kappa shape index (κ3) is 24.8. The van der Waals surface area contributed by atoms with Crippen LogP contribution in [0.2, 0.25) is 0 Å². The van der Waals surface area contributed by atoms with Crippen molar-refractivity contribution in [3.63, 3.8) is 0 Å². The molecule has 28 heteroatoms. The molecular formula is C121H118F3N11O12S2. The van der Waals surface area contributed by atoms with Crippen molar-refractivity contribution in [2.45, 2.75) is 85.7 Å². The second-order valence-electron chi connectivity index (χ2n) is 36.9. The van der Waals surface area contributed by atoms with Crippen molar-refractivity contribution in [1.29, 1.82) is 5.26 Å². The monoisotopic (exact) mass is 2040 g/mol. The molecule has 5 fully saturated rings. The second kappa shape index (κ2) is 48.0. The van der Waals surface area contributed by atoms with Gasteiger partial charge in [-0.2, -0.15) is 18.4 Å². The number of hydrogen-bond donors (Lipinski definition) is 0. The number of nitrogens with zero attached hydrogens (tertiary/aromatic N) is 11. The van der Waals surface area contributed by atoms with Crippen LogP contribution in [0.5, 0.6) is 0 Å². The number of alkyl halides is 3. The topological polar surface area (TPSA) is 222 Å². The molecule has 0 N–H and O–H groups in total. The summed E-state index contributed by atoms with van der Waals surface area (Å²) in [6, 6.07) is 67.7. The molecule has 1 aliphatic carbocycles. The minimum Gasteiger partial charge on any atom is -0.462 e. The van der Waals surface area contributed by atoms with Crippen molar-refractivity contribution in [2.75, 3.05) is 138 Å². The van der Waals surface area contributed by atoms with Gasteiger partial charge in [-0.05, 0) is 263 Å². The molecule has 149 heavy (non-hydrogen) atoms. The summed E-state index contributed by atoms with van der Waals surface area (Å²) in [5.74, 6) is 0.0522. The molecule has 10 aliphatic heterocycles. The molecular weight excluding hydrogens is 1920 g/mol. The SMILES string of the molecule is CCN1C(=O)/C(=C2/C=C(C(C#N)=Cc3ccc(N4CCCCC4)cc3)OC(c3ccccc3)=C2)SC1=S.CCN1C(=O)/C(=C2/C=C(C=Cc3ccc(N4CCOCC4)cc3)OC(C(F)(F)F)=C2)N(CC)C1=O.CCN1C(=O)C(=C2C=C(C=Cc3ccc(N(C)C)cc3)OC(C=Cc3ccc(N(C)C)cc3)=C2)C(=O)N(C)C1=O.CCN1CCCc2cc(C=CC3=C/C(=C4/C(=O)c5ccccc5C4c4ccccc4)C=C(C)O3)ccc21. The maximum atomic E-state index is 13.7. The number of carbonyl (C=O) groups is 7. The highest BCUT2D eigenvalue weighted by Crippen LogP contribution is 2.47. The summed E-state index contributed by atoms with van der Waals surface area (Å²) in [6.45, 7) is 19.3. The molecule has 1 unspecified atom stereocenters. The molecule has 23 nitrogen and oxygen atoms in total. The van der Waals surface area contributed by atoms with E-state index in [1.807, 2.05) is 246 Å². The molecule has 8 aromatic rings. The molecule has 0 saturated carbocycles. The first-order valence-corrected chi connectivity index (χ1v) is 51.3. The molecule has 11 aliphatic rings. The number of thioether (sulfide) groups is 1. The number of likely N-dealkylation sites (N-methyl/N-ethyl adjacent to an activating group) is 5. The number of morpholine rings is 1. The largest absolute Gasteiger partial charge is 0.462 e. The molecule has 1 atom stereocenters. The maximum absolute atomic E-state index is 13.7. The van der Waals surface area contributed by atoms with Gasteiger partial charge in [-0.15, -0.1) is 0 Å². The summed E-state index contributed by atoms with van der Waals surface area (Å²) >= 11 is 6.71. The van der Waals surface area contributed by atoms with Crippen LogP contribution in [0, 0.1) is 11.3 Å². The highest BCUT2D eigenvalue weighted by Gasteiger charge is 2.46. The van der Waals surface area contributed by atoms with E-state index in [2.05, 4.69) is 82.3 Å². The Morgan fingerprint density at radius 1 is 0.483 bits per heavy atom. The number of amides is 8. The van der Waals surface area contributed by atoms with Gasteiger partial charge in [0.05, 0.1) is 23.7 Å². The number of aryl methyl sites for hydroxylation is 1. The quantitative estimate of drug-likeness (QED) is 0.0214. The van der Waals surface area contributed by atoms with Gasteiger partial charge >= 0.3 is 18.2 Å². The van der Waals surface area contributed by atoms with Crippen molar-refractivity contribution in [1.82, 2.24) is 24.5 Å². The number of imide groups is 3. The van der Waals surface area contributed by atoms with E-state index in [0.29, 0.717) is 68.7 Å². The van der Waals surface area contributed by atoms with Crippen LogP contribution in [-0.2, 0) is 49.3 Å². The zero-order chi connectivity index (χ0) is 105. The standard InChI is InChI=1S/C34H31NO2.C32H34N4O4.C30H27N3O2S2.C25H26F3N3O4/c1-3-35-19-9-12-26-21-24(16-18-31(26)35)15-17-28-22-27(20-23(2)37-28)33-32(25-10-5-4-6-11-25)29-13-7-8-14-30(29)34(33)36;1-7-36-31(38)29(30(37)35(6)32(36)39)24-20-27(18-12-22-8-14-25(15-9-22)33(2)3)40-28(21-24)19-13-23-10-16-26(17-11-23)34(4)5;1-2-33-29(34)28(37-30(33)36)23-18-26(22-9-5-3-6-10-22)35-27(19-23)24(20-31)17-21-11-13-25(14-12-21)32-15-7-4-8-16-32;1-3-30-22(23(32)31(4-2)24(30)33)18-15-20(35-21(16-18)25(26,27)28)10-7-17-5-8-19(9-6-17)29-11-13-34-14-12-29/h4-8,10-11,13-18,20-22,32H,3,9,12,19H2,1-2H3;8-21H,7H2,1-6H3;3,5-6,9-14,17-19H,2,4,7-8,15-16H2,1H3;5-10,15-16H,3-4,11-14H2,1-2H3/b17-15?,33-27+;;24-17?,28-23-;10-7?,22-18+. The number of carbonyl (C=O) groups excluding carboxylic acids is 7. The van der Waals surface area contributed by atoms with Gasteiger partial charge in [0.25, 0.3) is 23.6 Å². The van der Waals surface area contributed by atoms with Crippen LogP contribution >= 0.6 is 24.0 Å². The Kier molecular flexibility index (Phi) is 34.1. The van der Waals surface area contributed by atoms with Crippen molar-refractivity contribution < 1.29 is 70.4 Å². The van der Waals surface area contributed by atoms with Crippen molar-refractivity contribution in [3.8, 4) is 6.07 Å². The number of fused-ring (bicyclic) bond motifs is 2. The number of benzene rings is 8. The van der Waals surface area contributed by atoms with Gasteiger partial charge in [0.1, 0.15) is 62.0 Å². The number of thiocarbonyl (C=S) groups is 1. The van der Waals surface area contributed by atoms with E-state index in [4.69, 9.17) is 35.9 Å². The van der Waals surface area contributed by atoms with Gasteiger partial charge in [-0.25, -0.2) is 9.59 Å². The minimum atomic E-state index is -4.77. The average molecular weight is 2040 g/mol. The Morgan fingerprint density at radius 3 is 1.58 bits per heavy atom. The van der Waals surface area contributed by atoms with Crippen LogP contribution < -0.4 is 24.5 Å². The minimum absolute atomic E-state index is 0.0259. The first-order chi connectivity index (χ1) is 72.0.